The van der Waals surface area contributed by atoms with Gasteiger partial charge in [0.1, 0.15) is 11.9 Å². The maximum absolute atomic E-state index is 8.91. The van der Waals surface area contributed by atoms with E-state index in [1.165, 1.54) is 6.20 Å². The third kappa shape index (κ3) is 2.41. The molecular formula is C10H11N3OS. The number of hydrogen-bond acceptors (Lipinski definition) is 5. The predicted molar refractivity (Wildman–Crippen MR) is 58.4 cm³/mol. The highest BCUT2D eigenvalue weighted by Gasteiger charge is 2.18. The highest BCUT2D eigenvalue weighted by Crippen LogP contribution is 2.31. The number of nitrogens with two attached hydrogens (primary N) is 1. The zero-order valence-corrected chi connectivity index (χ0v) is 8.96. The lowest BCUT2D eigenvalue weighted by molar-refractivity contribution is 0.199. The van der Waals surface area contributed by atoms with Gasteiger partial charge >= 0.3 is 0 Å². The van der Waals surface area contributed by atoms with Crippen molar-refractivity contribution in [1.29, 1.82) is 5.26 Å². The van der Waals surface area contributed by atoms with Gasteiger partial charge in [-0.1, -0.05) is 0 Å². The first-order valence-corrected chi connectivity index (χ1v) is 5.57. The Balaban J connectivity index is 2.18. The van der Waals surface area contributed by atoms with Crippen LogP contribution in [0.1, 0.15) is 12.0 Å². The van der Waals surface area contributed by atoms with E-state index in [0.717, 1.165) is 24.5 Å². The second-order valence-corrected chi connectivity index (χ2v) is 4.66. The summed E-state index contributed by atoms with van der Waals surface area (Å²) >= 11 is 1.65. The molecular weight excluding hydrogens is 210 g/mol. The van der Waals surface area contributed by atoms with Gasteiger partial charge in [0.2, 0.25) is 0 Å². The third-order valence-electron chi connectivity index (χ3n) is 2.19. The van der Waals surface area contributed by atoms with Crippen molar-refractivity contribution in [3.8, 4) is 6.07 Å². The average molecular weight is 221 g/mol. The lowest BCUT2D eigenvalue weighted by Gasteiger charge is -2.08. The molecule has 0 radical (unpaired) electrons. The minimum atomic E-state index is 0.430. The Bertz CT molecular complexity index is 396. The van der Waals surface area contributed by atoms with Crippen LogP contribution in [0.15, 0.2) is 17.2 Å². The van der Waals surface area contributed by atoms with E-state index >= 15 is 0 Å². The topological polar surface area (TPSA) is 71.9 Å². The minimum Gasteiger partial charge on any atom is -0.384 e. The summed E-state index contributed by atoms with van der Waals surface area (Å²) in [5.74, 6) is 0.454. The molecule has 0 aromatic carbocycles. The third-order valence-corrected chi connectivity index (χ3v) is 3.49. The van der Waals surface area contributed by atoms with E-state index in [4.69, 9.17) is 15.7 Å². The SMILES string of the molecule is N#Cc1cnc(N)cc1S[C@H]1CCOC1. The molecule has 1 aliphatic rings. The largest absolute Gasteiger partial charge is 0.384 e. The summed E-state index contributed by atoms with van der Waals surface area (Å²) in [6, 6.07) is 3.87. The molecule has 0 aliphatic carbocycles. The first kappa shape index (κ1) is 10.3. The van der Waals surface area contributed by atoms with E-state index in [0.29, 0.717) is 16.6 Å². The molecule has 0 unspecified atom stereocenters. The number of nitrogen functional groups attached to an aromatic ring is 1. The molecule has 1 fully saturated rings. The van der Waals surface area contributed by atoms with Crippen molar-refractivity contribution in [1.82, 2.24) is 4.98 Å². The van der Waals surface area contributed by atoms with Crippen LogP contribution in [0.5, 0.6) is 0 Å². The van der Waals surface area contributed by atoms with Crippen LogP contribution in [0.3, 0.4) is 0 Å². The van der Waals surface area contributed by atoms with Crippen LogP contribution in [0.25, 0.3) is 0 Å². The molecule has 0 spiro atoms. The molecule has 1 saturated heterocycles. The minimum absolute atomic E-state index is 0.430. The van der Waals surface area contributed by atoms with E-state index in [2.05, 4.69) is 11.1 Å². The normalized spacial score (nSPS) is 20.1. The van der Waals surface area contributed by atoms with Gasteiger partial charge < -0.3 is 10.5 Å². The summed E-state index contributed by atoms with van der Waals surface area (Å²) in [5, 5.41) is 9.34. The second-order valence-electron chi connectivity index (χ2n) is 3.32. The number of nitriles is 1. The molecule has 78 valence electrons. The van der Waals surface area contributed by atoms with Gasteiger partial charge in [0.15, 0.2) is 0 Å². The molecule has 2 rings (SSSR count). The van der Waals surface area contributed by atoms with Crippen molar-refractivity contribution < 1.29 is 4.74 Å². The Morgan fingerprint density at radius 1 is 1.67 bits per heavy atom. The molecule has 2 N–H and O–H groups in total. The van der Waals surface area contributed by atoms with Gasteiger partial charge in [-0.3, -0.25) is 0 Å². The fourth-order valence-corrected chi connectivity index (χ4v) is 2.57. The number of anilines is 1. The summed E-state index contributed by atoms with van der Waals surface area (Å²) in [6.45, 7) is 1.55. The van der Waals surface area contributed by atoms with Gasteiger partial charge in [-0.2, -0.15) is 5.26 Å². The maximum atomic E-state index is 8.91. The lowest BCUT2D eigenvalue weighted by Crippen LogP contribution is -2.02. The molecule has 1 aliphatic heterocycles. The molecule has 15 heavy (non-hydrogen) atoms. The lowest BCUT2D eigenvalue weighted by atomic mass is 10.3. The zero-order chi connectivity index (χ0) is 10.7. The van der Waals surface area contributed by atoms with Crippen molar-refractivity contribution in [3.05, 3.63) is 17.8 Å². The summed E-state index contributed by atoms with van der Waals surface area (Å²) in [7, 11) is 0. The van der Waals surface area contributed by atoms with Crippen molar-refractivity contribution in [2.24, 2.45) is 0 Å². The number of nitrogens with zero attached hydrogens (tertiary/aromatic N) is 2. The maximum Gasteiger partial charge on any atom is 0.124 e. The molecule has 0 bridgehead atoms. The van der Waals surface area contributed by atoms with Gasteiger partial charge in [0.25, 0.3) is 0 Å². The van der Waals surface area contributed by atoms with Gasteiger partial charge in [0, 0.05) is 22.9 Å². The van der Waals surface area contributed by atoms with Crippen LogP contribution in [0, 0.1) is 11.3 Å². The van der Waals surface area contributed by atoms with Crippen LogP contribution >= 0.6 is 11.8 Å². The number of thioether (sulfide) groups is 1. The Morgan fingerprint density at radius 3 is 3.20 bits per heavy atom. The number of pyridine rings is 1. The monoisotopic (exact) mass is 221 g/mol. The van der Waals surface area contributed by atoms with Crippen molar-refractivity contribution in [3.63, 3.8) is 0 Å². The molecule has 1 atom stereocenters. The fourth-order valence-electron chi connectivity index (χ4n) is 1.42. The van der Waals surface area contributed by atoms with Gasteiger partial charge in [-0.25, -0.2) is 4.98 Å². The van der Waals surface area contributed by atoms with E-state index in [1.807, 2.05) is 0 Å². The molecule has 5 heteroatoms. The smallest absolute Gasteiger partial charge is 0.124 e. The summed E-state index contributed by atoms with van der Waals surface area (Å²) < 4.78 is 5.28. The zero-order valence-electron chi connectivity index (χ0n) is 8.14. The van der Waals surface area contributed by atoms with Crippen molar-refractivity contribution >= 4 is 17.6 Å². The van der Waals surface area contributed by atoms with E-state index in [1.54, 1.807) is 17.8 Å². The molecule has 4 nitrogen and oxygen atoms in total. The predicted octanol–water partition coefficient (Wildman–Crippen LogP) is 1.42. The molecule has 2 heterocycles. The molecule has 1 aromatic heterocycles. The Kier molecular flexibility index (Phi) is 3.09. The average Bonchev–Trinajstić information content (AvgIpc) is 2.71. The number of aromatic nitrogens is 1. The van der Waals surface area contributed by atoms with Gasteiger partial charge in [-0.15, -0.1) is 11.8 Å². The number of hydrogen-bond donors (Lipinski definition) is 1. The van der Waals surface area contributed by atoms with Gasteiger partial charge in [-0.05, 0) is 12.5 Å². The Hall–Kier alpha value is -1.25. The standard InChI is InChI=1S/C10H11N3OS/c11-4-7-5-13-10(12)3-9(7)15-8-1-2-14-6-8/h3,5,8H,1-2,6H2,(H2,12,13)/t8-/m0/s1. The van der Waals surface area contributed by atoms with E-state index < -0.39 is 0 Å². The number of rotatable bonds is 2. The van der Waals surface area contributed by atoms with Crippen LogP contribution in [0.2, 0.25) is 0 Å². The highest BCUT2D eigenvalue weighted by atomic mass is 32.2. The first-order chi connectivity index (χ1) is 7.29. The summed E-state index contributed by atoms with van der Waals surface area (Å²) in [6.07, 6.45) is 2.55. The van der Waals surface area contributed by atoms with Gasteiger partial charge in [0.05, 0.1) is 12.2 Å². The summed E-state index contributed by atoms with van der Waals surface area (Å²) in [4.78, 5) is 4.80. The highest BCUT2D eigenvalue weighted by molar-refractivity contribution is 8.00. The van der Waals surface area contributed by atoms with Crippen molar-refractivity contribution in [2.75, 3.05) is 18.9 Å². The van der Waals surface area contributed by atoms with E-state index in [-0.39, 0.29) is 0 Å². The number of ether oxygens (including phenoxy) is 1. The van der Waals surface area contributed by atoms with Crippen LogP contribution in [-0.4, -0.2) is 23.4 Å². The fraction of sp³-hybridized carbons (Fsp3) is 0.400. The van der Waals surface area contributed by atoms with E-state index in [9.17, 15) is 0 Å². The van der Waals surface area contributed by atoms with Crippen LogP contribution < -0.4 is 5.73 Å². The van der Waals surface area contributed by atoms with Crippen LogP contribution in [-0.2, 0) is 4.74 Å². The molecule has 1 aromatic rings. The summed E-state index contributed by atoms with van der Waals surface area (Å²) in [5.41, 5.74) is 6.18. The molecule has 0 saturated carbocycles. The van der Waals surface area contributed by atoms with Crippen LogP contribution in [0.4, 0.5) is 5.82 Å². The first-order valence-electron chi connectivity index (χ1n) is 4.69. The van der Waals surface area contributed by atoms with Crippen molar-refractivity contribution in [2.45, 2.75) is 16.6 Å². The Labute approximate surface area is 92.4 Å². The second kappa shape index (κ2) is 4.51. The molecule has 0 amide bonds. The Morgan fingerprint density at radius 2 is 2.53 bits per heavy atom. The quantitative estimate of drug-likeness (QED) is 0.817.